The second-order valence-corrected chi connectivity index (χ2v) is 2.28. The Bertz CT molecular complexity index is 314. The van der Waals surface area contributed by atoms with E-state index >= 15 is 0 Å². The SMILES string of the molecule is C=CN=C(N=C)Nc1ccccc1. The van der Waals surface area contributed by atoms with Gasteiger partial charge in [0.2, 0.25) is 5.96 Å². The second kappa shape index (κ2) is 4.87. The minimum atomic E-state index is 0.446. The van der Waals surface area contributed by atoms with Gasteiger partial charge in [-0.1, -0.05) is 24.8 Å². The summed E-state index contributed by atoms with van der Waals surface area (Å²) in [7, 11) is 0. The lowest BCUT2D eigenvalue weighted by molar-refractivity contribution is 1.47. The van der Waals surface area contributed by atoms with Crippen LogP contribution in [0.4, 0.5) is 5.69 Å². The van der Waals surface area contributed by atoms with Crippen LogP contribution in [0.5, 0.6) is 0 Å². The molecule has 1 aromatic rings. The van der Waals surface area contributed by atoms with Gasteiger partial charge in [-0.15, -0.1) is 0 Å². The first-order valence-electron chi connectivity index (χ1n) is 3.84. The van der Waals surface area contributed by atoms with Crippen molar-refractivity contribution < 1.29 is 0 Å². The van der Waals surface area contributed by atoms with Gasteiger partial charge in [0, 0.05) is 11.9 Å². The molecule has 3 nitrogen and oxygen atoms in total. The van der Waals surface area contributed by atoms with E-state index in [9.17, 15) is 0 Å². The number of hydrogen-bond acceptors (Lipinski definition) is 1. The Morgan fingerprint density at radius 3 is 2.54 bits per heavy atom. The number of aliphatic imine (C=N–C) groups is 2. The highest BCUT2D eigenvalue weighted by atomic mass is 15.1. The monoisotopic (exact) mass is 173 g/mol. The Morgan fingerprint density at radius 1 is 1.31 bits per heavy atom. The number of hydrogen-bond donors (Lipinski definition) is 1. The third-order valence-electron chi connectivity index (χ3n) is 1.39. The highest BCUT2D eigenvalue weighted by Crippen LogP contribution is 2.04. The predicted octanol–water partition coefficient (Wildman–Crippen LogP) is 2.30. The molecule has 0 atom stereocenters. The number of nitrogens with zero attached hydrogens (tertiary/aromatic N) is 2. The first-order valence-corrected chi connectivity index (χ1v) is 3.84. The van der Waals surface area contributed by atoms with Crippen molar-refractivity contribution in [2.24, 2.45) is 9.98 Å². The van der Waals surface area contributed by atoms with Crippen LogP contribution in [-0.2, 0) is 0 Å². The van der Waals surface area contributed by atoms with Gasteiger partial charge in [0.25, 0.3) is 0 Å². The minimum Gasteiger partial charge on any atom is -0.324 e. The van der Waals surface area contributed by atoms with Crippen LogP contribution in [0.25, 0.3) is 0 Å². The molecule has 13 heavy (non-hydrogen) atoms. The average molecular weight is 173 g/mol. The molecule has 0 aromatic heterocycles. The Balaban J connectivity index is 2.73. The van der Waals surface area contributed by atoms with E-state index in [2.05, 4.69) is 28.6 Å². The summed E-state index contributed by atoms with van der Waals surface area (Å²) in [6.45, 7) is 6.86. The van der Waals surface area contributed by atoms with Crippen LogP contribution in [0, 0.1) is 0 Å². The fourth-order valence-electron chi connectivity index (χ4n) is 0.850. The van der Waals surface area contributed by atoms with Crippen molar-refractivity contribution in [2.75, 3.05) is 5.32 Å². The highest BCUT2D eigenvalue weighted by Gasteiger charge is 1.93. The van der Waals surface area contributed by atoms with E-state index in [1.54, 1.807) is 0 Å². The number of para-hydroxylation sites is 1. The molecule has 0 saturated heterocycles. The molecular formula is C10H11N3. The molecule has 0 spiro atoms. The first kappa shape index (κ1) is 9.19. The fraction of sp³-hybridized carbons (Fsp3) is 0. The maximum atomic E-state index is 3.88. The van der Waals surface area contributed by atoms with Crippen LogP contribution < -0.4 is 5.32 Å². The predicted molar refractivity (Wildman–Crippen MR) is 57.2 cm³/mol. The van der Waals surface area contributed by atoms with Crippen molar-refractivity contribution in [1.82, 2.24) is 0 Å². The zero-order valence-corrected chi connectivity index (χ0v) is 7.27. The lowest BCUT2D eigenvalue weighted by Crippen LogP contribution is -2.07. The smallest absolute Gasteiger partial charge is 0.226 e. The zero-order valence-electron chi connectivity index (χ0n) is 7.27. The van der Waals surface area contributed by atoms with E-state index in [4.69, 9.17) is 0 Å². The normalized spacial score (nSPS) is 10.6. The highest BCUT2D eigenvalue weighted by molar-refractivity contribution is 5.96. The third kappa shape index (κ3) is 2.91. The summed E-state index contributed by atoms with van der Waals surface area (Å²) in [4.78, 5) is 7.57. The molecule has 0 aliphatic carbocycles. The molecule has 0 aliphatic rings. The molecule has 0 saturated carbocycles. The Morgan fingerprint density at radius 2 is 2.00 bits per heavy atom. The summed E-state index contributed by atoms with van der Waals surface area (Å²) >= 11 is 0. The van der Waals surface area contributed by atoms with Crippen LogP contribution in [0.15, 0.2) is 53.1 Å². The number of nitrogens with one attached hydrogen (secondary N) is 1. The second-order valence-electron chi connectivity index (χ2n) is 2.28. The van der Waals surface area contributed by atoms with Gasteiger partial charge in [-0.05, 0) is 18.9 Å². The molecule has 0 fully saturated rings. The lowest BCUT2D eigenvalue weighted by Gasteiger charge is -2.02. The number of rotatable bonds is 2. The van der Waals surface area contributed by atoms with Crippen molar-refractivity contribution in [1.29, 1.82) is 0 Å². The zero-order chi connectivity index (χ0) is 9.52. The maximum Gasteiger partial charge on any atom is 0.226 e. The summed E-state index contributed by atoms with van der Waals surface area (Å²) in [6.07, 6.45) is 1.42. The van der Waals surface area contributed by atoms with Gasteiger partial charge in [0.15, 0.2) is 0 Å². The lowest BCUT2D eigenvalue weighted by atomic mass is 10.3. The summed E-state index contributed by atoms with van der Waals surface area (Å²) < 4.78 is 0. The van der Waals surface area contributed by atoms with E-state index < -0.39 is 0 Å². The molecule has 1 aromatic carbocycles. The maximum absolute atomic E-state index is 3.88. The van der Waals surface area contributed by atoms with Gasteiger partial charge in [-0.2, -0.15) is 0 Å². The Hall–Kier alpha value is -1.90. The van der Waals surface area contributed by atoms with Crippen LogP contribution in [-0.4, -0.2) is 12.7 Å². The van der Waals surface area contributed by atoms with Crippen LogP contribution in [0.1, 0.15) is 0 Å². The van der Waals surface area contributed by atoms with Crippen molar-refractivity contribution in [3.8, 4) is 0 Å². The van der Waals surface area contributed by atoms with Crippen molar-refractivity contribution in [3.63, 3.8) is 0 Å². The number of guanidine groups is 1. The summed E-state index contributed by atoms with van der Waals surface area (Å²) in [5, 5.41) is 2.98. The van der Waals surface area contributed by atoms with Crippen molar-refractivity contribution in [3.05, 3.63) is 43.1 Å². The van der Waals surface area contributed by atoms with Gasteiger partial charge < -0.3 is 5.32 Å². The molecule has 0 bridgehead atoms. The largest absolute Gasteiger partial charge is 0.324 e. The molecule has 0 unspecified atom stereocenters. The standard InChI is InChI=1S/C10H11N3/c1-3-12-10(11-2)13-9-7-5-4-6-8-9/h3-8H,1-2H2,(H,12,13). The van der Waals surface area contributed by atoms with Gasteiger partial charge in [0.1, 0.15) is 0 Å². The molecule has 0 radical (unpaired) electrons. The van der Waals surface area contributed by atoms with E-state index in [0.717, 1.165) is 5.69 Å². The summed E-state index contributed by atoms with van der Waals surface area (Å²) in [5.41, 5.74) is 0.926. The Labute approximate surface area is 77.5 Å². The number of anilines is 1. The van der Waals surface area contributed by atoms with E-state index in [1.165, 1.54) is 6.20 Å². The third-order valence-corrected chi connectivity index (χ3v) is 1.39. The minimum absolute atomic E-state index is 0.446. The molecule has 1 rings (SSSR count). The molecule has 0 amide bonds. The van der Waals surface area contributed by atoms with E-state index in [1.807, 2.05) is 30.3 Å². The Kier molecular flexibility index (Phi) is 3.45. The molecule has 0 heterocycles. The molecule has 3 heteroatoms. The molecular weight excluding hydrogens is 162 g/mol. The quantitative estimate of drug-likeness (QED) is 0.540. The van der Waals surface area contributed by atoms with Crippen LogP contribution >= 0.6 is 0 Å². The summed E-state index contributed by atoms with van der Waals surface area (Å²) in [5.74, 6) is 0.446. The molecule has 0 aliphatic heterocycles. The van der Waals surface area contributed by atoms with Gasteiger partial charge in [-0.25, -0.2) is 9.98 Å². The van der Waals surface area contributed by atoms with Crippen LogP contribution in [0.3, 0.4) is 0 Å². The molecule has 66 valence electrons. The van der Waals surface area contributed by atoms with Crippen molar-refractivity contribution in [2.45, 2.75) is 0 Å². The summed E-state index contributed by atoms with van der Waals surface area (Å²) in [6, 6.07) is 9.64. The van der Waals surface area contributed by atoms with E-state index in [0.29, 0.717) is 5.96 Å². The first-order chi connectivity index (χ1) is 6.36. The van der Waals surface area contributed by atoms with Crippen molar-refractivity contribution >= 4 is 18.4 Å². The topological polar surface area (TPSA) is 36.8 Å². The van der Waals surface area contributed by atoms with Gasteiger partial charge in [0.05, 0.1) is 0 Å². The van der Waals surface area contributed by atoms with Gasteiger partial charge in [-0.3, -0.25) is 0 Å². The van der Waals surface area contributed by atoms with Crippen LogP contribution in [0.2, 0.25) is 0 Å². The van der Waals surface area contributed by atoms with E-state index in [-0.39, 0.29) is 0 Å². The average Bonchev–Trinajstić information content (AvgIpc) is 2.19. The fourth-order valence-corrected chi connectivity index (χ4v) is 0.850. The van der Waals surface area contributed by atoms with Gasteiger partial charge >= 0.3 is 0 Å². The number of benzene rings is 1. The molecule has 1 N–H and O–H groups in total.